The van der Waals surface area contributed by atoms with Gasteiger partial charge < -0.3 is 15.2 Å². The molecule has 2 saturated carbocycles. The van der Waals surface area contributed by atoms with Gasteiger partial charge in [-0.05, 0) is 68.7 Å². The zero-order chi connectivity index (χ0) is 28.7. The number of aliphatic carboxylic acids is 1. The minimum Gasteiger partial charge on any atom is -0.481 e. The lowest BCUT2D eigenvalue weighted by molar-refractivity contribution is -0.155. The number of aromatic nitrogens is 4. The second-order valence-corrected chi connectivity index (χ2v) is 11.1. The maximum atomic E-state index is 13.6. The molecule has 9 nitrogen and oxygen atoms in total. The molecule has 6 rings (SSSR count). The molecule has 41 heavy (non-hydrogen) atoms. The Kier molecular flexibility index (Phi) is 6.70. The van der Waals surface area contributed by atoms with Crippen molar-refractivity contribution in [3.63, 3.8) is 0 Å². The Morgan fingerprint density at radius 1 is 1.12 bits per heavy atom. The first-order valence-corrected chi connectivity index (χ1v) is 13.7. The number of benzene rings is 2. The smallest absolute Gasteiger partial charge is 0.316 e. The van der Waals surface area contributed by atoms with E-state index in [1.165, 1.54) is 7.11 Å². The molecule has 2 fully saturated rings. The second-order valence-electron chi connectivity index (χ2n) is 11.1. The largest absolute Gasteiger partial charge is 0.481 e. The number of ether oxygens (including phenoxy) is 1. The molecule has 1 atom stereocenters. The minimum absolute atomic E-state index is 0.0455. The second kappa shape index (κ2) is 10.4. The Labute approximate surface area is 238 Å². The van der Waals surface area contributed by atoms with Gasteiger partial charge in [0.2, 0.25) is 0 Å². The molecule has 0 saturated heterocycles. The van der Waals surface area contributed by atoms with Gasteiger partial charge in [0.05, 0.1) is 42.0 Å². The van der Waals surface area contributed by atoms with Gasteiger partial charge in [-0.15, -0.1) is 5.92 Å². The Morgan fingerprint density at radius 3 is 2.56 bits per heavy atom. The summed E-state index contributed by atoms with van der Waals surface area (Å²) >= 11 is 0. The predicted molar refractivity (Wildman–Crippen MR) is 153 cm³/mol. The number of hydrogen-bond acceptors (Lipinski definition) is 6. The fraction of sp³-hybridized carbons (Fsp3) is 0.344. The predicted octanol–water partition coefficient (Wildman–Crippen LogP) is 4.86. The van der Waals surface area contributed by atoms with E-state index in [0.717, 1.165) is 46.1 Å². The summed E-state index contributed by atoms with van der Waals surface area (Å²) in [7, 11) is 1.54. The molecule has 0 radical (unpaired) electrons. The molecule has 2 aromatic carbocycles. The van der Waals surface area contributed by atoms with Crippen molar-refractivity contribution in [3.8, 4) is 29.1 Å². The molecule has 0 bridgehead atoms. The van der Waals surface area contributed by atoms with Crippen LogP contribution in [0.4, 0.5) is 0 Å². The van der Waals surface area contributed by atoms with E-state index in [1.54, 1.807) is 19.3 Å². The van der Waals surface area contributed by atoms with Gasteiger partial charge in [0, 0.05) is 28.8 Å². The molecule has 208 valence electrons. The highest BCUT2D eigenvalue weighted by Crippen LogP contribution is 2.58. The zero-order valence-corrected chi connectivity index (χ0v) is 23.2. The van der Waals surface area contributed by atoms with Gasteiger partial charge in [0.15, 0.2) is 0 Å². The fourth-order valence-corrected chi connectivity index (χ4v) is 6.40. The number of amides is 1. The standard InChI is InChI=1S/C32H31N5O4/c1-4-5-21-10-11-25(29(38)35-24-16-32(17-24)14-23(15-32)30(39)40)28-26(21)18-34-37(28)19(2)20-6-8-22(9-7-20)27-12-13-33-31(36-27)41-3/h6-13,18-19,23-24H,14-17H2,1-3H3,(H,35,38)(H,39,40)/t19-,23?,24?,32?/m0/s1. The van der Waals surface area contributed by atoms with Gasteiger partial charge in [-0.1, -0.05) is 30.2 Å². The van der Waals surface area contributed by atoms with E-state index >= 15 is 0 Å². The molecule has 0 aliphatic heterocycles. The average molecular weight is 550 g/mol. The Hall–Kier alpha value is -4.71. The number of nitrogens with zero attached hydrogens (tertiary/aromatic N) is 4. The van der Waals surface area contributed by atoms with E-state index in [9.17, 15) is 14.7 Å². The van der Waals surface area contributed by atoms with Gasteiger partial charge in [-0.3, -0.25) is 14.3 Å². The minimum atomic E-state index is -0.716. The van der Waals surface area contributed by atoms with Crippen molar-refractivity contribution in [2.45, 2.75) is 51.6 Å². The lowest BCUT2D eigenvalue weighted by Crippen LogP contribution is -2.57. The Balaban J connectivity index is 1.26. The number of carboxylic acids is 1. The van der Waals surface area contributed by atoms with E-state index in [4.69, 9.17) is 9.84 Å². The van der Waals surface area contributed by atoms with Crippen molar-refractivity contribution in [1.82, 2.24) is 25.1 Å². The number of carbonyl (C=O) groups excluding carboxylic acids is 1. The first kappa shape index (κ1) is 26.5. The van der Waals surface area contributed by atoms with E-state index < -0.39 is 5.97 Å². The third-order valence-corrected chi connectivity index (χ3v) is 8.54. The highest BCUT2D eigenvalue weighted by atomic mass is 16.5. The van der Waals surface area contributed by atoms with E-state index in [2.05, 4.69) is 34.0 Å². The number of carbonyl (C=O) groups is 2. The fourth-order valence-electron chi connectivity index (χ4n) is 6.40. The normalized spacial score (nSPS) is 21.7. The average Bonchev–Trinajstić information content (AvgIpc) is 3.39. The maximum Gasteiger partial charge on any atom is 0.316 e. The van der Waals surface area contributed by atoms with Crippen LogP contribution in [-0.4, -0.2) is 49.9 Å². The topological polar surface area (TPSA) is 119 Å². The quantitative estimate of drug-likeness (QED) is 0.316. The van der Waals surface area contributed by atoms with Crippen molar-refractivity contribution in [2.24, 2.45) is 11.3 Å². The summed E-state index contributed by atoms with van der Waals surface area (Å²) in [5.41, 5.74) is 4.92. The monoisotopic (exact) mass is 549 g/mol. The van der Waals surface area contributed by atoms with E-state index in [1.807, 2.05) is 47.1 Å². The van der Waals surface area contributed by atoms with Crippen LogP contribution in [0, 0.1) is 23.2 Å². The molecule has 2 aliphatic carbocycles. The van der Waals surface area contributed by atoms with Crippen LogP contribution >= 0.6 is 0 Å². The highest BCUT2D eigenvalue weighted by Gasteiger charge is 2.55. The molecule has 2 N–H and O–H groups in total. The summed E-state index contributed by atoms with van der Waals surface area (Å²) in [6, 6.07) is 13.8. The highest BCUT2D eigenvalue weighted by molar-refractivity contribution is 6.07. The molecule has 2 aliphatic rings. The first-order valence-electron chi connectivity index (χ1n) is 13.7. The van der Waals surface area contributed by atoms with Crippen LogP contribution in [0.25, 0.3) is 22.2 Å². The summed E-state index contributed by atoms with van der Waals surface area (Å²) in [6.45, 7) is 3.84. The summed E-state index contributed by atoms with van der Waals surface area (Å²) in [6.07, 6.45) is 6.51. The van der Waals surface area contributed by atoms with Crippen molar-refractivity contribution >= 4 is 22.8 Å². The molecule has 1 amide bonds. The van der Waals surface area contributed by atoms with Crippen LogP contribution in [0.1, 0.15) is 67.1 Å². The molecule has 0 unspecified atom stereocenters. The van der Waals surface area contributed by atoms with Gasteiger partial charge in [-0.2, -0.15) is 10.1 Å². The lowest BCUT2D eigenvalue weighted by atomic mass is 9.50. The lowest BCUT2D eigenvalue weighted by Gasteiger charge is -2.56. The van der Waals surface area contributed by atoms with Crippen LogP contribution < -0.4 is 10.1 Å². The molecule has 2 heterocycles. The molecule has 4 aromatic rings. The number of rotatable bonds is 7. The van der Waals surface area contributed by atoms with E-state index in [-0.39, 0.29) is 29.3 Å². The first-order chi connectivity index (χ1) is 19.8. The van der Waals surface area contributed by atoms with Crippen molar-refractivity contribution < 1.29 is 19.4 Å². The number of methoxy groups -OCH3 is 1. The van der Waals surface area contributed by atoms with Crippen LogP contribution in [-0.2, 0) is 4.79 Å². The number of carboxylic acid groups (broad SMARTS) is 1. The van der Waals surface area contributed by atoms with Gasteiger partial charge in [0.25, 0.3) is 5.91 Å². The summed E-state index contributed by atoms with van der Waals surface area (Å²) < 4.78 is 7.04. The van der Waals surface area contributed by atoms with Crippen LogP contribution in [0.3, 0.4) is 0 Å². The Bertz CT molecular complexity index is 1700. The number of hydrogen-bond donors (Lipinski definition) is 2. The van der Waals surface area contributed by atoms with Crippen molar-refractivity contribution in [2.75, 3.05) is 7.11 Å². The summed E-state index contributed by atoms with van der Waals surface area (Å²) in [5.74, 6) is 4.99. The van der Waals surface area contributed by atoms with Gasteiger partial charge in [0.1, 0.15) is 0 Å². The molecule has 2 aromatic heterocycles. The van der Waals surface area contributed by atoms with Crippen molar-refractivity contribution in [1.29, 1.82) is 0 Å². The summed E-state index contributed by atoms with van der Waals surface area (Å²) in [4.78, 5) is 33.3. The molecule has 9 heteroatoms. The van der Waals surface area contributed by atoms with Crippen LogP contribution in [0.5, 0.6) is 6.01 Å². The van der Waals surface area contributed by atoms with E-state index in [0.29, 0.717) is 24.4 Å². The Morgan fingerprint density at radius 2 is 1.88 bits per heavy atom. The number of nitrogens with one attached hydrogen (secondary N) is 1. The third-order valence-electron chi connectivity index (χ3n) is 8.54. The summed E-state index contributed by atoms with van der Waals surface area (Å²) in [5, 5.41) is 18.0. The van der Waals surface area contributed by atoms with Gasteiger partial charge >= 0.3 is 12.0 Å². The molecular weight excluding hydrogens is 518 g/mol. The van der Waals surface area contributed by atoms with Crippen molar-refractivity contribution in [3.05, 3.63) is 71.5 Å². The van der Waals surface area contributed by atoms with Gasteiger partial charge in [-0.25, -0.2) is 4.98 Å². The zero-order valence-electron chi connectivity index (χ0n) is 23.2. The number of fused-ring (bicyclic) bond motifs is 1. The maximum absolute atomic E-state index is 13.6. The third kappa shape index (κ3) is 4.80. The SMILES string of the molecule is CC#Cc1ccc(C(=O)NC2CC3(C2)CC(C(=O)O)C3)c2c1cnn2[C@@H](C)c1ccc(-c2ccnc(OC)n2)cc1. The molecular formula is C32H31N5O4. The molecule has 1 spiro atoms. The van der Waals surface area contributed by atoms with Crippen LogP contribution in [0.2, 0.25) is 0 Å². The van der Waals surface area contributed by atoms with Crippen LogP contribution in [0.15, 0.2) is 54.9 Å².